The van der Waals surface area contributed by atoms with Crippen LogP contribution in [0.3, 0.4) is 0 Å². The van der Waals surface area contributed by atoms with Crippen molar-refractivity contribution < 1.29 is 23.8 Å². The van der Waals surface area contributed by atoms with Gasteiger partial charge in [-0.15, -0.1) is 0 Å². The number of amides is 2. The van der Waals surface area contributed by atoms with Gasteiger partial charge in [0.25, 0.3) is 11.8 Å². The van der Waals surface area contributed by atoms with Crippen LogP contribution in [0.1, 0.15) is 5.56 Å². The fourth-order valence-electron chi connectivity index (χ4n) is 2.99. The molecule has 0 spiro atoms. The third-order valence-electron chi connectivity index (χ3n) is 4.49. The zero-order valence-corrected chi connectivity index (χ0v) is 17.1. The van der Waals surface area contributed by atoms with Crippen molar-refractivity contribution in [1.29, 1.82) is 0 Å². The number of imide groups is 1. The summed E-state index contributed by atoms with van der Waals surface area (Å²) >= 11 is 6.19. The maximum absolute atomic E-state index is 13.0. The van der Waals surface area contributed by atoms with Crippen molar-refractivity contribution in [3.63, 3.8) is 0 Å². The molecule has 8 heteroatoms. The molecule has 0 saturated carbocycles. The summed E-state index contributed by atoms with van der Waals surface area (Å²) in [4.78, 5) is 27.2. The van der Waals surface area contributed by atoms with E-state index in [0.717, 1.165) is 4.90 Å². The van der Waals surface area contributed by atoms with Crippen LogP contribution in [0.5, 0.6) is 11.5 Å². The number of hydrogen-bond acceptors (Lipinski definition) is 6. The van der Waals surface area contributed by atoms with E-state index in [1.165, 1.54) is 14.2 Å². The molecule has 1 aliphatic heterocycles. The number of ether oxygens (including phenoxy) is 3. The Morgan fingerprint density at radius 1 is 0.966 bits per heavy atom. The zero-order valence-electron chi connectivity index (χ0n) is 16.3. The number of nitrogens with zero attached hydrogens (tertiary/aromatic N) is 1. The van der Waals surface area contributed by atoms with Gasteiger partial charge in [-0.05, 0) is 35.9 Å². The molecule has 29 heavy (non-hydrogen) atoms. The van der Waals surface area contributed by atoms with Crippen LogP contribution >= 0.6 is 11.6 Å². The normalized spacial score (nSPS) is 13.9. The molecule has 3 rings (SSSR count). The molecule has 0 aromatic heterocycles. The number of anilines is 1. The lowest BCUT2D eigenvalue weighted by atomic mass is 10.0. The first-order valence-electron chi connectivity index (χ1n) is 8.84. The van der Waals surface area contributed by atoms with Crippen molar-refractivity contribution in [2.75, 3.05) is 39.8 Å². The Morgan fingerprint density at radius 3 is 2.28 bits per heavy atom. The molecule has 0 aliphatic carbocycles. The summed E-state index contributed by atoms with van der Waals surface area (Å²) in [7, 11) is 4.60. The number of rotatable bonds is 8. The molecule has 2 amide bonds. The molecule has 0 unspecified atom stereocenters. The molecular weight excluding hydrogens is 396 g/mol. The van der Waals surface area contributed by atoms with Gasteiger partial charge in [-0.3, -0.25) is 14.5 Å². The summed E-state index contributed by atoms with van der Waals surface area (Å²) in [6, 6.07) is 12.0. The van der Waals surface area contributed by atoms with Crippen LogP contribution in [0.25, 0.3) is 5.57 Å². The van der Waals surface area contributed by atoms with Crippen LogP contribution in [0.15, 0.2) is 48.2 Å². The Hall–Kier alpha value is -3.03. The van der Waals surface area contributed by atoms with Crippen LogP contribution in [-0.4, -0.2) is 51.2 Å². The van der Waals surface area contributed by atoms with E-state index in [-0.39, 0.29) is 30.3 Å². The lowest BCUT2D eigenvalue weighted by Gasteiger charge is -2.14. The van der Waals surface area contributed by atoms with Gasteiger partial charge < -0.3 is 19.5 Å². The summed E-state index contributed by atoms with van der Waals surface area (Å²) in [5.41, 5.74) is 1.62. The highest BCUT2D eigenvalue weighted by Gasteiger charge is 2.39. The van der Waals surface area contributed by atoms with E-state index in [2.05, 4.69) is 5.32 Å². The molecule has 7 nitrogen and oxygen atoms in total. The van der Waals surface area contributed by atoms with Gasteiger partial charge in [0.05, 0.1) is 38.0 Å². The second-order valence-corrected chi connectivity index (χ2v) is 6.61. The summed E-state index contributed by atoms with van der Waals surface area (Å²) in [5, 5.41) is 3.44. The molecule has 152 valence electrons. The highest BCUT2D eigenvalue weighted by molar-refractivity contribution is 6.36. The predicted octanol–water partition coefficient (Wildman–Crippen LogP) is 3.20. The quantitative estimate of drug-likeness (QED) is 0.666. The minimum Gasteiger partial charge on any atom is -0.497 e. The maximum atomic E-state index is 13.0. The first-order valence-corrected chi connectivity index (χ1v) is 9.22. The van der Waals surface area contributed by atoms with Gasteiger partial charge in [-0.2, -0.15) is 0 Å². The van der Waals surface area contributed by atoms with Gasteiger partial charge in [-0.1, -0.05) is 23.7 Å². The lowest BCUT2D eigenvalue weighted by Crippen LogP contribution is -2.35. The number of methoxy groups -OCH3 is 3. The lowest BCUT2D eigenvalue weighted by molar-refractivity contribution is -0.137. The van der Waals surface area contributed by atoms with Crippen LogP contribution < -0.4 is 14.8 Å². The van der Waals surface area contributed by atoms with E-state index in [9.17, 15) is 9.59 Å². The largest absolute Gasteiger partial charge is 0.497 e. The molecule has 1 N–H and O–H groups in total. The van der Waals surface area contributed by atoms with Crippen molar-refractivity contribution in [2.24, 2.45) is 0 Å². The number of halogens is 1. The van der Waals surface area contributed by atoms with Crippen molar-refractivity contribution in [1.82, 2.24) is 4.90 Å². The molecule has 0 atom stereocenters. The average molecular weight is 417 g/mol. The predicted molar refractivity (Wildman–Crippen MR) is 110 cm³/mol. The Morgan fingerprint density at radius 2 is 1.69 bits per heavy atom. The Balaban J connectivity index is 2.02. The second-order valence-electron chi connectivity index (χ2n) is 6.21. The first kappa shape index (κ1) is 20.7. The van der Waals surface area contributed by atoms with E-state index >= 15 is 0 Å². The topological polar surface area (TPSA) is 77.1 Å². The summed E-state index contributed by atoms with van der Waals surface area (Å²) < 4.78 is 15.4. The molecule has 1 aliphatic rings. The highest BCUT2D eigenvalue weighted by atomic mass is 35.5. The van der Waals surface area contributed by atoms with Gasteiger partial charge in [0.15, 0.2) is 0 Å². The molecule has 1 heterocycles. The minimum atomic E-state index is -0.426. The van der Waals surface area contributed by atoms with E-state index in [4.69, 9.17) is 25.8 Å². The van der Waals surface area contributed by atoms with Crippen molar-refractivity contribution in [2.45, 2.75) is 0 Å². The van der Waals surface area contributed by atoms with Gasteiger partial charge in [0.1, 0.15) is 17.2 Å². The van der Waals surface area contributed by atoms with Crippen molar-refractivity contribution in [3.05, 3.63) is 58.7 Å². The number of carbonyl (C=O) groups excluding carboxylic acids is 2. The monoisotopic (exact) mass is 416 g/mol. The first-order chi connectivity index (χ1) is 14.0. The van der Waals surface area contributed by atoms with Crippen molar-refractivity contribution >= 4 is 34.7 Å². The number of benzene rings is 2. The number of nitrogens with one attached hydrogen (secondary N) is 1. The van der Waals surface area contributed by atoms with Crippen molar-refractivity contribution in [3.8, 4) is 11.5 Å². The third kappa shape index (κ3) is 4.21. The highest BCUT2D eigenvalue weighted by Crippen LogP contribution is 2.33. The average Bonchev–Trinajstić information content (AvgIpc) is 2.96. The van der Waals surface area contributed by atoms with Crippen LogP contribution in [0.4, 0.5) is 5.69 Å². The summed E-state index contributed by atoms with van der Waals surface area (Å²) in [6.45, 7) is 0.400. The molecule has 0 fully saturated rings. The number of carbonyl (C=O) groups is 2. The molecule has 2 aromatic carbocycles. The summed E-state index contributed by atoms with van der Waals surface area (Å²) in [5.74, 6) is 0.347. The molecule has 0 radical (unpaired) electrons. The van der Waals surface area contributed by atoms with E-state index in [1.54, 1.807) is 49.6 Å². The molecular formula is C21H21ClN2O5. The fourth-order valence-corrected chi connectivity index (χ4v) is 3.25. The SMILES string of the molecule is COCCN1C(=O)C(Nc2ccc(OC)c(Cl)c2)=C(c2ccc(OC)cc2)C1=O. The van der Waals surface area contributed by atoms with E-state index in [1.807, 2.05) is 0 Å². The smallest absolute Gasteiger partial charge is 0.278 e. The van der Waals surface area contributed by atoms with Gasteiger partial charge in [0.2, 0.25) is 0 Å². The fraction of sp³-hybridized carbons (Fsp3) is 0.238. The van der Waals surface area contributed by atoms with Gasteiger partial charge in [-0.25, -0.2) is 0 Å². The van der Waals surface area contributed by atoms with Crippen LogP contribution in [-0.2, 0) is 14.3 Å². The maximum Gasteiger partial charge on any atom is 0.278 e. The third-order valence-corrected chi connectivity index (χ3v) is 4.78. The van der Waals surface area contributed by atoms with Gasteiger partial charge in [0, 0.05) is 12.8 Å². The molecule has 0 bridgehead atoms. The Labute approximate surface area is 173 Å². The molecule has 0 saturated heterocycles. The van der Waals surface area contributed by atoms with Gasteiger partial charge >= 0.3 is 0 Å². The Bertz CT molecular complexity index is 956. The second kappa shape index (κ2) is 8.98. The standard InChI is InChI=1S/C21H21ClN2O5/c1-27-11-10-24-20(25)18(13-4-7-15(28-2)8-5-13)19(21(24)26)23-14-6-9-17(29-3)16(22)12-14/h4-9,12,23H,10-11H2,1-3H3. The zero-order chi connectivity index (χ0) is 21.0. The summed E-state index contributed by atoms with van der Waals surface area (Å²) in [6.07, 6.45) is 0. The Kier molecular flexibility index (Phi) is 6.41. The van der Waals surface area contributed by atoms with Crippen LogP contribution in [0, 0.1) is 0 Å². The van der Waals surface area contributed by atoms with Crippen LogP contribution in [0.2, 0.25) is 5.02 Å². The minimum absolute atomic E-state index is 0.155. The van der Waals surface area contributed by atoms with E-state index in [0.29, 0.717) is 27.8 Å². The van der Waals surface area contributed by atoms with E-state index < -0.39 is 5.91 Å². The number of hydrogen-bond donors (Lipinski definition) is 1. The molecule has 2 aromatic rings.